The Kier molecular flexibility index (Phi) is 4.66. The van der Waals surface area contributed by atoms with Crippen LogP contribution in [-0.4, -0.2) is 21.7 Å². The minimum absolute atomic E-state index is 0.625. The number of nitrogens with zero attached hydrogens (tertiary/aromatic N) is 2. The molecule has 0 aliphatic heterocycles. The van der Waals surface area contributed by atoms with Crippen LogP contribution in [0, 0.1) is 12.8 Å². The topological polar surface area (TPSA) is 38.9 Å². The fourth-order valence-corrected chi connectivity index (χ4v) is 2.40. The van der Waals surface area contributed by atoms with Crippen molar-refractivity contribution >= 4 is 24.4 Å². The smallest absolute Gasteiger partial charge is 0.276 e. The molecule has 0 amide bonds. The molecule has 5 heteroatoms. The maximum Gasteiger partial charge on any atom is 0.276 e. The highest BCUT2D eigenvalue weighted by Crippen LogP contribution is 2.21. The standard InChI is InChI=1S/C8H14N2OS2/c1-3-7(4-12)5-13-8-10-9-6(2)11-8/h7,12H,3-5H2,1-2H3. The molecule has 0 fully saturated rings. The lowest BCUT2D eigenvalue weighted by Crippen LogP contribution is -2.03. The molecule has 1 rings (SSSR count). The molecule has 1 unspecified atom stereocenters. The van der Waals surface area contributed by atoms with E-state index in [2.05, 4.69) is 29.7 Å². The van der Waals surface area contributed by atoms with Gasteiger partial charge in [0.25, 0.3) is 5.22 Å². The average Bonchev–Trinajstić information content (AvgIpc) is 2.53. The molecule has 0 aromatic carbocycles. The highest BCUT2D eigenvalue weighted by atomic mass is 32.2. The van der Waals surface area contributed by atoms with E-state index in [4.69, 9.17) is 4.42 Å². The van der Waals surface area contributed by atoms with Crippen LogP contribution in [0.2, 0.25) is 0 Å². The number of thioether (sulfide) groups is 1. The number of thiol groups is 1. The molecule has 0 N–H and O–H groups in total. The molecule has 13 heavy (non-hydrogen) atoms. The minimum Gasteiger partial charge on any atom is -0.416 e. The van der Waals surface area contributed by atoms with Gasteiger partial charge in [0.1, 0.15) is 0 Å². The summed E-state index contributed by atoms with van der Waals surface area (Å²) in [6.45, 7) is 3.97. The van der Waals surface area contributed by atoms with Gasteiger partial charge in [0.15, 0.2) is 0 Å². The van der Waals surface area contributed by atoms with Crippen molar-refractivity contribution < 1.29 is 4.42 Å². The third-order valence-corrected chi connectivity index (χ3v) is 3.35. The van der Waals surface area contributed by atoms with Gasteiger partial charge in [-0.15, -0.1) is 10.2 Å². The first-order valence-corrected chi connectivity index (χ1v) is 5.91. The molecule has 0 spiro atoms. The Morgan fingerprint density at radius 2 is 2.31 bits per heavy atom. The Morgan fingerprint density at radius 1 is 1.54 bits per heavy atom. The Balaban J connectivity index is 2.33. The van der Waals surface area contributed by atoms with E-state index in [0.717, 1.165) is 17.9 Å². The van der Waals surface area contributed by atoms with Crippen molar-refractivity contribution in [2.24, 2.45) is 5.92 Å². The largest absolute Gasteiger partial charge is 0.416 e. The molecule has 1 heterocycles. The normalized spacial score (nSPS) is 13.2. The van der Waals surface area contributed by atoms with E-state index in [9.17, 15) is 0 Å². The maximum atomic E-state index is 5.24. The first kappa shape index (κ1) is 10.9. The average molecular weight is 218 g/mol. The Hall–Kier alpha value is -0.160. The Labute approximate surface area is 88.1 Å². The Morgan fingerprint density at radius 3 is 2.77 bits per heavy atom. The van der Waals surface area contributed by atoms with Crippen LogP contribution in [0.1, 0.15) is 19.2 Å². The van der Waals surface area contributed by atoms with Crippen LogP contribution in [0.3, 0.4) is 0 Å². The highest BCUT2D eigenvalue weighted by Gasteiger charge is 2.08. The summed E-state index contributed by atoms with van der Waals surface area (Å²) in [6.07, 6.45) is 1.14. The molecule has 0 bridgehead atoms. The molecule has 0 saturated heterocycles. The van der Waals surface area contributed by atoms with Crippen molar-refractivity contribution in [2.45, 2.75) is 25.5 Å². The van der Waals surface area contributed by atoms with Gasteiger partial charge in [-0.3, -0.25) is 0 Å². The van der Waals surface area contributed by atoms with Crippen LogP contribution >= 0.6 is 24.4 Å². The van der Waals surface area contributed by atoms with Gasteiger partial charge in [0.2, 0.25) is 5.89 Å². The molecule has 0 aliphatic rings. The zero-order valence-corrected chi connectivity index (χ0v) is 9.57. The van der Waals surface area contributed by atoms with Crippen molar-refractivity contribution in [3.05, 3.63) is 5.89 Å². The van der Waals surface area contributed by atoms with Gasteiger partial charge in [0.05, 0.1) is 0 Å². The summed E-state index contributed by atoms with van der Waals surface area (Å²) in [6, 6.07) is 0. The molecule has 3 nitrogen and oxygen atoms in total. The second-order valence-electron chi connectivity index (χ2n) is 2.85. The number of hydrogen-bond donors (Lipinski definition) is 1. The lowest BCUT2D eigenvalue weighted by molar-refractivity contribution is 0.428. The van der Waals surface area contributed by atoms with Crippen LogP contribution < -0.4 is 0 Å². The van der Waals surface area contributed by atoms with E-state index in [1.807, 2.05) is 0 Å². The summed E-state index contributed by atoms with van der Waals surface area (Å²) < 4.78 is 5.24. The van der Waals surface area contributed by atoms with Gasteiger partial charge in [-0.05, 0) is 11.7 Å². The quantitative estimate of drug-likeness (QED) is 0.608. The van der Waals surface area contributed by atoms with Crippen LogP contribution in [-0.2, 0) is 0 Å². The zero-order chi connectivity index (χ0) is 9.68. The number of rotatable bonds is 5. The third kappa shape index (κ3) is 3.60. The van der Waals surface area contributed by atoms with E-state index < -0.39 is 0 Å². The van der Waals surface area contributed by atoms with Crippen molar-refractivity contribution in [1.82, 2.24) is 10.2 Å². The van der Waals surface area contributed by atoms with Gasteiger partial charge in [-0.2, -0.15) is 12.6 Å². The monoisotopic (exact) mass is 218 g/mol. The van der Waals surface area contributed by atoms with Crippen molar-refractivity contribution in [1.29, 1.82) is 0 Å². The first-order valence-electron chi connectivity index (χ1n) is 4.30. The molecule has 74 valence electrons. The molecule has 1 atom stereocenters. The van der Waals surface area contributed by atoms with Crippen LogP contribution in [0.15, 0.2) is 9.64 Å². The third-order valence-electron chi connectivity index (χ3n) is 1.79. The van der Waals surface area contributed by atoms with Crippen LogP contribution in [0.25, 0.3) is 0 Å². The molecule has 0 radical (unpaired) electrons. The fraction of sp³-hybridized carbons (Fsp3) is 0.750. The molecule has 1 aromatic heterocycles. The van der Waals surface area contributed by atoms with Gasteiger partial charge in [-0.1, -0.05) is 25.1 Å². The number of aromatic nitrogens is 2. The second kappa shape index (κ2) is 5.54. The second-order valence-corrected chi connectivity index (χ2v) is 4.19. The van der Waals surface area contributed by atoms with Gasteiger partial charge < -0.3 is 4.42 Å². The zero-order valence-electron chi connectivity index (χ0n) is 7.86. The van der Waals surface area contributed by atoms with Crippen molar-refractivity contribution in [2.75, 3.05) is 11.5 Å². The van der Waals surface area contributed by atoms with Crippen LogP contribution in [0.5, 0.6) is 0 Å². The van der Waals surface area contributed by atoms with Gasteiger partial charge >= 0.3 is 0 Å². The van der Waals surface area contributed by atoms with Gasteiger partial charge in [-0.25, -0.2) is 0 Å². The van der Waals surface area contributed by atoms with Crippen molar-refractivity contribution in [3.63, 3.8) is 0 Å². The molecule has 1 aromatic rings. The lowest BCUT2D eigenvalue weighted by Gasteiger charge is -2.07. The molecular weight excluding hydrogens is 204 g/mol. The van der Waals surface area contributed by atoms with Crippen molar-refractivity contribution in [3.8, 4) is 0 Å². The fourth-order valence-electron chi connectivity index (χ4n) is 0.826. The summed E-state index contributed by atoms with van der Waals surface area (Å²) in [5.74, 6) is 3.17. The van der Waals surface area contributed by atoms with E-state index in [1.54, 1.807) is 18.7 Å². The summed E-state index contributed by atoms with van der Waals surface area (Å²) in [5, 5.41) is 8.33. The molecule has 0 saturated carbocycles. The first-order chi connectivity index (χ1) is 6.26. The highest BCUT2D eigenvalue weighted by molar-refractivity contribution is 7.99. The van der Waals surface area contributed by atoms with Crippen LogP contribution in [0.4, 0.5) is 0 Å². The predicted octanol–water partition coefficient (Wildman–Crippen LogP) is 2.43. The summed E-state index contributed by atoms with van der Waals surface area (Å²) in [7, 11) is 0. The summed E-state index contributed by atoms with van der Waals surface area (Å²) >= 11 is 5.88. The van der Waals surface area contributed by atoms with E-state index in [0.29, 0.717) is 17.0 Å². The lowest BCUT2D eigenvalue weighted by atomic mass is 10.2. The molecular formula is C8H14N2OS2. The van der Waals surface area contributed by atoms with E-state index in [1.165, 1.54) is 0 Å². The van der Waals surface area contributed by atoms with E-state index in [-0.39, 0.29) is 0 Å². The summed E-state index contributed by atoms with van der Waals surface area (Å²) in [5.41, 5.74) is 0. The van der Waals surface area contributed by atoms with E-state index >= 15 is 0 Å². The van der Waals surface area contributed by atoms with Gasteiger partial charge in [0, 0.05) is 12.7 Å². The Bertz CT molecular complexity index is 248. The maximum absolute atomic E-state index is 5.24. The summed E-state index contributed by atoms with van der Waals surface area (Å²) in [4.78, 5) is 0. The number of aryl methyl sites for hydroxylation is 1. The SMILES string of the molecule is CCC(CS)CSc1nnc(C)o1. The minimum atomic E-state index is 0.625. The number of hydrogen-bond acceptors (Lipinski definition) is 5. The predicted molar refractivity (Wildman–Crippen MR) is 57.4 cm³/mol. The molecule has 0 aliphatic carbocycles.